The van der Waals surface area contributed by atoms with Crippen molar-refractivity contribution in [2.45, 2.75) is 64.0 Å². The van der Waals surface area contributed by atoms with E-state index in [2.05, 4.69) is 12.2 Å². The van der Waals surface area contributed by atoms with Gasteiger partial charge in [0.25, 0.3) is 0 Å². The Hall–Kier alpha value is -1.10. The lowest BCUT2D eigenvalue weighted by atomic mass is 9.89. The molecule has 2 rings (SSSR count). The maximum absolute atomic E-state index is 11.9. The van der Waals surface area contributed by atoms with E-state index in [4.69, 9.17) is 4.74 Å². The van der Waals surface area contributed by atoms with Crippen molar-refractivity contribution in [2.24, 2.45) is 11.8 Å². The summed E-state index contributed by atoms with van der Waals surface area (Å²) in [6.07, 6.45) is 6.15. The Balaban J connectivity index is 1.76. The zero-order valence-corrected chi connectivity index (χ0v) is 12.4. The summed E-state index contributed by atoms with van der Waals surface area (Å²) in [5.74, 6) is -0.478. The standard InChI is InChI=1S/C15H25NO4/c1-10-3-7-12(8-4-10)20-9-13(17)16-15(2,14(18)19)11-5-6-11/h10-12H,3-9H2,1-2H3,(H,16,17)(H,18,19). The molecule has 0 aromatic heterocycles. The summed E-state index contributed by atoms with van der Waals surface area (Å²) in [6, 6.07) is 0. The van der Waals surface area contributed by atoms with Crippen molar-refractivity contribution in [2.75, 3.05) is 6.61 Å². The molecule has 0 heterocycles. The fourth-order valence-corrected chi connectivity index (χ4v) is 2.91. The smallest absolute Gasteiger partial charge is 0.329 e. The second kappa shape index (κ2) is 6.12. The summed E-state index contributed by atoms with van der Waals surface area (Å²) in [5.41, 5.74) is -1.14. The van der Waals surface area contributed by atoms with Crippen molar-refractivity contribution < 1.29 is 19.4 Å². The van der Waals surface area contributed by atoms with E-state index in [1.807, 2.05) is 0 Å². The topological polar surface area (TPSA) is 75.6 Å². The number of hydrogen-bond donors (Lipinski definition) is 2. The lowest BCUT2D eigenvalue weighted by molar-refractivity contribution is -0.149. The Morgan fingerprint density at radius 1 is 1.20 bits per heavy atom. The van der Waals surface area contributed by atoms with Crippen molar-refractivity contribution >= 4 is 11.9 Å². The normalized spacial score (nSPS) is 29.5. The highest BCUT2D eigenvalue weighted by Gasteiger charge is 2.48. The fourth-order valence-electron chi connectivity index (χ4n) is 2.91. The molecule has 0 spiro atoms. The largest absolute Gasteiger partial charge is 0.480 e. The number of amides is 1. The Morgan fingerprint density at radius 2 is 1.80 bits per heavy atom. The van der Waals surface area contributed by atoms with Gasteiger partial charge in [0.05, 0.1) is 6.10 Å². The second-order valence-electron chi connectivity index (χ2n) is 6.52. The molecule has 2 fully saturated rings. The number of nitrogens with one attached hydrogen (secondary N) is 1. The number of hydrogen-bond acceptors (Lipinski definition) is 3. The molecule has 1 amide bonds. The van der Waals surface area contributed by atoms with Crippen LogP contribution in [0.3, 0.4) is 0 Å². The monoisotopic (exact) mass is 283 g/mol. The number of rotatable bonds is 6. The molecule has 20 heavy (non-hydrogen) atoms. The molecule has 2 aliphatic carbocycles. The molecule has 2 aliphatic rings. The highest BCUT2D eigenvalue weighted by atomic mass is 16.5. The number of carboxylic acid groups (broad SMARTS) is 1. The van der Waals surface area contributed by atoms with Gasteiger partial charge in [0, 0.05) is 0 Å². The summed E-state index contributed by atoms with van der Waals surface area (Å²) in [6.45, 7) is 3.79. The van der Waals surface area contributed by atoms with Gasteiger partial charge in [-0.15, -0.1) is 0 Å². The van der Waals surface area contributed by atoms with Crippen LogP contribution in [0.2, 0.25) is 0 Å². The fraction of sp³-hybridized carbons (Fsp3) is 0.867. The summed E-state index contributed by atoms with van der Waals surface area (Å²) in [4.78, 5) is 23.2. The number of carbonyl (C=O) groups excluding carboxylic acids is 1. The second-order valence-corrected chi connectivity index (χ2v) is 6.52. The predicted octanol–water partition coefficient (Wildman–Crippen LogP) is 1.95. The van der Waals surface area contributed by atoms with Crippen molar-refractivity contribution in [3.8, 4) is 0 Å². The van der Waals surface area contributed by atoms with Gasteiger partial charge in [0.2, 0.25) is 5.91 Å². The third-order valence-corrected chi connectivity index (χ3v) is 4.65. The zero-order valence-electron chi connectivity index (χ0n) is 12.4. The molecular weight excluding hydrogens is 258 g/mol. The lowest BCUT2D eigenvalue weighted by Crippen LogP contribution is -2.55. The zero-order chi connectivity index (χ0) is 14.8. The van der Waals surface area contributed by atoms with Crippen LogP contribution in [0.5, 0.6) is 0 Å². The van der Waals surface area contributed by atoms with Crippen LogP contribution in [-0.2, 0) is 14.3 Å². The van der Waals surface area contributed by atoms with E-state index >= 15 is 0 Å². The van der Waals surface area contributed by atoms with E-state index in [0.717, 1.165) is 44.4 Å². The Morgan fingerprint density at radius 3 is 2.30 bits per heavy atom. The molecule has 114 valence electrons. The summed E-state index contributed by atoms with van der Waals surface area (Å²) < 4.78 is 5.61. The molecule has 2 N–H and O–H groups in total. The van der Waals surface area contributed by atoms with E-state index in [9.17, 15) is 14.7 Å². The number of ether oxygens (including phenoxy) is 1. The average molecular weight is 283 g/mol. The Kier molecular flexibility index (Phi) is 4.68. The van der Waals surface area contributed by atoms with Crippen LogP contribution in [0.15, 0.2) is 0 Å². The third-order valence-electron chi connectivity index (χ3n) is 4.65. The Labute approximate surface area is 120 Å². The van der Waals surface area contributed by atoms with E-state index in [1.54, 1.807) is 6.92 Å². The van der Waals surface area contributed by atoms with Crippen LogP contribution in [0.4, 0.5) is 0 Å². The molecule has 0 saturated heterocycles. The van der Waals surface area contributed by atoms with Gasteiger partial charge in [-0.1, -0.05) is 6.92 Å². The van der Waals surface area contributed by atoms with Crippen LogP contribution < -0.4 is 5.32 Å². The summed E-state index contributed by atoms with van der Waals surface area (Å²) in [5, 5.41) is 11.9. The summed E-state index contributed by atoms with van der Waals surface area (Å²) in [7, 11) is 0. The van der Waals surface area contributed by atoms with Crippen molar-refractivity contribution in [3.63, 3.8) is 0 Å². The molecule has 5 heteroatoms. The van der Waals surface area contributed by atoms with Gasteiger partial charge in [-0.05, 0) is 57.3 Å². The minimum absolute atomic E-state index is 0.0331. The third kappa shape index (κ3) is 3.72. The van der Waals surface area contributed by atoms with Gasteiger partial charge in [0.15, 0.2) is 0 Å². The SMILES string of the molecule is CC1CCC(OCC(=O)NC(C)(C(=O)O)C2CC2)CC1. The molecule has 0 aromatic carbocycles. The maximum atomic E-state index is 11.9. The van der Waals surface area contributed by atoms with Crippen LogP contribution in [0, 0.1) is 11.8 Å². The molecule has 5 nitrogen and oxygen atoms in total. The van der Waals surface area contributed by atoms with Crippen LogP contribution >= 0.6 is 0 Å². The van der Waals surface area contributed by atoms with Gasteiger partial charge in [-0.3, -0.25) is 4.79 Å². The first-order valence-electron chi connectivity index (χ1n) is 7.58. The van der Waals surface area contributed by atoms with E-state index in [0.29, 0.717) is 0 Å². The minimum Gasteiger partial charge on any atom is -0.480 e. The van der Waals surface area contributed by atoms with Crippen molar-refractivity contribution in [3.05, 3.63) is 0 Å². The quantitative estimate of drug-likeness (QED) is 0.781. The van der Waals surface area contributed by atoms with Crippen molar-refractivity contribution in [1.29, 1.82) is 0 Å². The number of carboxylic acids is 1. The molecule has 1 unspecified atom stereocenters. The van der Waals surface area contributed by atoms with Gasteiger partial charge in [0.1, 0.15) is 12.1 Å². The highest BCUT2D eigenvalue weighted by molar-refractivity contribution is 5.87. The van der Waals surface area contributed by atoms with E-state index in [-0.39, 0.29) is 24.5 Å². The van der Waals surface area contributed by atoms with Gasteiger partial charge in [-0.2, -0.15) is 0 Å². The van der Waals surface area contributed by atoms with Crippen molar-refractivity contribution in [1.82, 2.24) is 5.32 Å². The summed E-state index contributed by atoms with van der Waals surface area (Å²) >= 11 is 0. The van der Waals surface area contributed by atoms with E-state index in [1.165, 1.54) is 0 Å². The average Bonchev–Trinajstić information content (AvgIpc) is 3.22. The van der Waals surface area contributed by atoms with E-state index < -0.39 is 11.5 Å². The minimum atomic E-state index is -1.14. The molecule has 0 aliphatic heterocycles. The van der Waals surface area contributed by atoms with Gasteiger partial charge >= 0.3 is 5.97 Å². The van der Waals surface area contributed by atoms with Gasteiger partial charge in [-0.25, -0.2) is 4.79 Å². The molecule has 1 atom stereocenters. The highest BCUT2D eigenvalue weighted by Crippen LogP contribution is 2.39. The van der Waals surface area contributed by atoms with Crippen LogP contribution in [0.25, 0.3) is 0 Å². The maximum Gasteiger partial charge on any atom is 0.329 e. The first-order valence-corrected chi connectivity index (χ1v) is 7.58. The molecule has 0 radical (unpaired) electrons. The number of carbonyl (C=O) groups is 2. The molecular formula is C15H25NO4. The Bertz CT molecular complexity index is 372. The van der Waals surface area contributed by atoms with Gasteiger partial charge < -0.3 is 15.2 Å². The lowest BCUT2D eigenvalue weighted by Gasteiger charge is -2.28. The molecule has 0 bridgehead atoms. The molecule has 2 saturated carbocycles. The van der Waals surface area contributed by atoms with Crippen LogP contribution in [0.1, 0.15) is 52.4 Å². The predicted molar refractivity (Wildman–Crippen MR) is 74.3 cm³/mol. The number of aliphatic carboxylic acids is 1. The first kappa shape index (κ1) is 15.3. The molecule has 0 aromatic rings. The van der Waals surface area contributed by atoms with Crippen LogP contribution in [-0.4, -0.2) is 35.2 Å². The first-order chi connectivity index (χ1) is 9.41.